The first-order chi connectivity index (χ1) is 12.9. The molecule has 6 nitrogen and oxygen atoms in total. The maximum atomic E-state index is 12.0. The lowest BCUT2D eigenvalue weighted by atomic mass is 9.78. The van der Waals surface area contributed by atoms with Gasteiger partial charge in [0.2, 0.25) is 0 Å². The fraction of sp³-hybridized carbons (Fsp3) is 0.550. The molecular formula is C20H27ClN2O4. The lowest BCUT2D eigenvalue weighted by Gasteiger charge is -2.34. The number of ether oxygens (including phenoxy) is 1. The van der Waals surface area contributed by atoms with Crippen LogP contribution < -0.4 is 10.6 Å². The van der Waals surface area contributed by atoms with Crippen molar-refractivity contribution in [1.82, 2.24) is 10.6 Å². The fourth-order valence-corrected chi connectivity index (χ4v) is 3.36. The molecule has 1 aliphatic carbocycles. The van der Waals surface area contributed by atoms with Crippen molar-refractivity contribution in [3.05, 3.63) is 34.9 Å². The molecule has 0 radical (unpaired) electrons. The molecular weight excluding hydrogens is 368 g/mol. The average molecular weight is 395 g/mol. The van der Waals surface area contributed by atoms with Crippen LogP contribution in [0.1, 0.15) is 49.9 Å². The van der Waals surface area contributed by atoms with Crippen LogP contribution in [0.15, 0.2) is 24.3 Å². The summed E-state index contributed by atoms with van der Waals surface area (Å²) in [5, 5.41) is 6.13. The number of esters is 1. The number of rotatable bonds is 7. The molecule has 0 heterocycles. The molecule has 0 spiro atoms. The molecule has 0 bridgehead atoms. The van der Waals surface area contributed by atoms with Crippen LogP contribution in [-0.4, -0.2) is 37.0 Å². The molecule has 1 aromatic rings. The Morgan fingerprint density at radius 3 is 2.56 bits per heavy atom. The first kappa shape index (κ1) is 21.2. The van der Waals surface area contributed by atoms with Crippen molar-refractivity contribution in [2.75, 3.05) is 13.2 Å². The zero-order valence-electron chi connectivity index (χ0n) is 15.8. The van der Waals surface area contributed by atoms with Gasteiger partial charge in [-0.2, -0.15) is 0 Å². The predicted molar refractivity (Wildman–Crippen MR) is 103 cm³/mol. The molecule has 148 valence electrons. The first-order valence-electron chi connectivity index (χ1n) is 9.35. The molecule has 0 aliphatic heterocycles. The van der Waals surface area contributed by atoms with E-state index in [9.17, 15) is 14.4 Å². The largest absolute Gasteiger partial charge is 0.456 e. The number of nitrogens with one attached hydrogen (secondary N) is 2. The molecule has 1 fully saturated rings. The monoisotopic (exact) mass is 394 g/mol. The summed E-state index contributed by atoms with van der Waals surface area (Å²) in [6, 6.07) is 6.59. The molecule has 0 aromatic heterocycles. The minimum atomic E-state index is -0.522. The quantitative estimate of drug-likeness (QED) is 0.696. The molecule has 1 aliphatic rings. The van der Waals surface area contributed by atoms with Gasteiger partial charge in [0.1, 0.15) is 0 Å². The highest BCUT2D eigenvalue weighted by atomic mass is 35.5. The molecule has 1 saturated carbocycles. The topological polar surface area (TPSA) is 84.5 Å². The van der Waals surface area contributed by atoms with Gasteiger partial charge in [0.15, 0.2) is 6.61 Å². The molecule has 2 N–H and O–H groups in total. The van der Waals surface area contributed by atoms with Gasteiger partial charge in [-0.15, -0.1) is 0 Å². The number of carbonyl (C=O) groups excluding carboxylic acids is 3. The molecule has 2 amide bonds. The normalized spacial score (nSPS) is 22.0. The summed E-state index contributed by atoms with van der Waals surface area (Å²) in [6.45, 7) is 4.19. The summed E-state index contributed by atoms with van der Waals surface area (Å²) in [7, 11) is 0. The fourth-order valence-electron chi connectivity index (χ4n) is 3.23. The SMILES string of the molecule is C[C@@H]1[C@H](C)CCC[C@@H]1NC(=O)COC(=O)CCNC(=O)c1ccc(Cl)cc1. The second-order valence-electron chi connectivity index (χ2n) is 7.11. The summed E-state index contributed by atoms with van der Waals surface area (Å²) in [6.07, 6.45) is 3.25. The highest BCUT2D eigenvalue weighted by molar-refractivity contribution is 6.30. The molecule has 7 heteroatoms. The van der Waals surface area contributed by atoms with Crippen LogP contribution in [-0.2, 0) is 14.3 Å². The maximum Gasteiger partial charge on any atom is 0.308 e. The van der Waals surface area contributed by atoms with Gasteiger partial charge in [0.25, 0.3) is 11.8 Å². The van der Waals surface area contributed by atoms with E-state index in [1.807, 2.05) is 0 Å². The Hall–Kier alpha value is -2.08. The van der Waals surface area contributed by atoms with E-state index in [1.165, 1.54) is 6.42 Å². The molecule has 27 heavy (non-hydrogen) atoms. The number of halogens is 1. The number of amides is 2. The smallest absolute Gasteiger partial charge is 0.308 e. The molecule has 0 unspecified atom stereocenters. The number of benzene rings is 1. The van der Waals surface area contributed by atoms with E-state index in [1.54, 1.807) is 24.3 Å². The molecule has 3 atom stereocenters. The second kappa shape index (κ2) is 10.3. The van der Waals surface area contributed by atoms with Crippen LogP contribution in [0.3, 0.4) is 0 Å². The Kier molecular flexibility index (Phi) is 8.10. The first-order valence-corrected chi connectivity index (χ1v) is 9.73. The molecule has 2 rings (SSSR count). The highest BCUT2D eigenvalue weighted by Crippen LogP contribution is 2.29. The van der Waals surface area contributed by atoms with Crippen molar-refractivity contribution in [3.8, 4) is 0 Å². The molecule has 1 aromatic carbocycles. The summed E-state index contributed by atoms with van der Waals surface area (Å²) in [4.78, 5) is 35.7. The summed E-state index contributed by atoms with van der Waals surface area (Å²) in [5.41, 5.74) is 0.461. The standard InChI is InChI=1S/C20H27ClN2O4/c1-13-4-3-5-17(14(13)2)23-18(24)12-27-19(25)10-11-22-20(26)15-6-8-16(21)9-7-15/h6-9,13-14,17H,3-5,10-12H2,1-2H3,(H,22,26)(H,23,24)/t13-,14-,17+/m1/s1. The Bertz CT molecular complexity index is 662. The predicted octanol–water partition coefficient (Wildman–Crippen LogP) is 2.94. The van der Waals surface area contributed by atoms with Gasteiger partial charge in [-0.3, -0.25) is 14.4 Å². The summed E-state index contributed by atoms with van der Waals surface area (Å²) >= 11 is 5.77. The zero-order valence-corrected chi connectivity index (χ0v) is 16.6. The number of carbonyl (C=O) groups is 3. The van der Waals surface area contributed by atoms with Crippen molar-refractivity contribution in [3.63, 3.8) is 0 Å². The van der Waals surface area contributed by atoms with Crippen molar-refractivity contribution in [1.29, 1.82) is 0 Å². The van der Waals surface area contributed by atoms with E-state index in [0.717, 1.165) is 12.8 Å². The van der Waals surface area contributed by atoms with Crippen molar-refractivity contribution in [2.24, 2.45) is 11.8 Å². The average Bonchev–Trinajstić information content (AvgIpc) is 2.64. The lowest BCUT2D eigenvalue weighted by molar-refractivity contribution is -0.148. The van der Waals surface area contributed by atoms with Crippen LogP contribution in [0, 0.1) is 11.8 Å². The maximum absolute atomic E-state index is 12.0. The minimum absolute atomic E-state index is 0.00345. The van der Waals surface area contributed by atoms with Gasteiger partial charge in [-0.1, -0.05) is 38.3 Å². The van der Waals surface area contributed by atoms with E-state index in [4.69, 9.17) is 16.3 Å². The van der Waals surface area contributed by atoms with Gasteiger partial charge in [0.05, 0.1) is 6.42 Å². The Morgan fingerprint density at radius 2 is 1.85 bits per heavy atom. The third-order valence-corrected chi connectivity index (χ3v) is 5.39. The van der Waals surface area contributed by atoms with Crippen LogP contribution in [0.4, 0.5) is 0 Å². The van der Waals surface area contributed by atoms with Crippen LogP contribution in [0.2, 0.25) is 5.02 Å². The van der Waals surface area contributed by atoms with E-state index < -0.39 is 5.97 Å². The molecule has 0 saturated heterocycles. The lowest BCUT2D eigenvalue weighted by Crippen LogP contribution is -2.45. The third-order valence-electron chi connectivity index (χ3n) is 5.14. The van der Waals surface area contributed by atoms with Gasteiger partial charge in [-0.05, 0) is 42.5 Å². The van der Waals surface area contributed by atoms with Gasteiger partial charge >= 0.3 is 5.97 Å². The van der Waals surface area contributed by atoms with Crippen LogP contribution in [0.25, 0.3) is 0 Å². The Labute approximate surface area is 165 Å². The summed E-state index contributed by atoms with van der Waals surface area (Å²) < 4.78 is 4.99. The van der Waals surface area contributed by atoms with Gasteiger partial charge in [0, 0.05) is 23.2 Å². The van der Waals surface area contributed by atoms with E-state index >= 15 is 0 Å². The van der Waals surface area contributed by atoms with E-state index in [-0.39, 0.29) is 37.4 Å². The highest BCUT2D eigenvalue weighted by Gasteiger charge is 2.28. The van der Waals surface area contributed by atoms with Crippen molar-refractivity contribution >= 4 is 29.4 Å². The minimum Gasteiger partial charge on any atom is -0.456 e. The zero-order chi connectivity index (χ0) is 19.8. The van der Waals surface area contributed by atoms with Gasteiger partial charge < -0.3 is 15.4 Å². The van der Waals surface area contributed by atoms with Gasteiger partial charge in [-0.25, -0.2) is 0 Å². The number of hydrogen-bond donors (Lipinski definition) is 2. The van der Waals surface area contributed by atoms with Crippen molar-refractivity contribution in [2.45, 2.75) is 45.6 Å². The summed E-state index contributed by atoms with van der Waals surface area (Å²) in [5.74, 6) is -0.0962. The van der Waals surface area contributed by atoms with E-state index in [2.05, 4.69) is 24.5 Å². The Balaban J connectivity index is 1.63. The van der Waals surface area contributed by atoms with Crippen molar-refractivity contribution < 1.29 is 19.1 Å². The third kappa shape index (κ3) is 6.86. The van der Waals surface area contributed by atoms with E-state index in [0.29, 0.717) is 22.4 Å². The Morgan fingerprint density at radius 1 is 1.15 bits per heavy atom. The van der Waals surface area contributed by atoms with Crippen LogP contribution in [0.5, 0.6) is 0 Å². The number of hydrogen-bond acceptors (Lipinski definition) is 4. The second-order valence-corrected chi connectivity index (χ2v) is 7.55. The van der Waals surface area contributed by atoms with Crippen LogP contribution >= 0.6 is 11.6 Å².